The Bertz CT molecular complexity index is 338. The lowest BCUT2D eigenvalue weighted by Crippen LogP contribution is -2.26. The molecule has 0 fully saturated rings. The number of amides is 2. The molecule has 62 valence electrons. The van der Waals surface area contributed by atoms with Crippen molar-refractivity contribution in [3.8, 4) is 0 Å². The van der Waals surface area contributed by atoms with Gasteiger partial charge in [0.25, 0.3) is 0 Å². The maximum Gasteiger partial charge on any atom is 0.329 e. The van der Waals surface area contributed by atoms with Crippen LogP contribution in [0.1, 0.15) is 5.56 Å². The van der Waals surface area contributed by atoms with Crippen LogP contribution in [0.15, 0.2) is 23.1 Å². The van der Waals surface area contributed by atoms with Crippen LogP contribution >= 0.6 is 11.9 Å². The van der Waals surface area contributed by atoms with Gasteiger partial charge in [-0.25, -0.2) is 4.79 Å². The van der Waals surface area contributed by atoms with Crippen LogP contribution in [0.3, 0.4) is 0 Å². The maximum absolute atomic E-state index is 10.9. The quantitative estimate of drug-likeness (QED) is 0.600. The molecule has 0 bridgehead atoms. The summed E-state index contributed by atoms with van der Waals surface area (Å²) in [6.07, 6.45) is 0. The zero-order valence-corrected chi connectivity index (χ0v) is 7.37. The Balaban J connectivity index is 2.44. The van der Waals surface area contributed by atoms with Gasteiger partial charge in [0.1, 0.15) is 0 Å². The molecule has 2 rings (SSSR count). The van der Waals surface area contributed by atoms with Gasteiger partial charge in [-0.1, -0.05) is 6.07 Å². The molecule has 0 spiro atoms. The number of urea groups is 1. The lowest BCUT2D eigenvalue weighted by atomic mass is 10.2. The topological polar surface area (TPSA) is 41.1 Å². The molecule has 0 saturated heterocycles. The van der Waals surface area contributed by atoms with E-state index in [1.165, 1.54) is 11.9 Å². The zero-order valence-electron chi connectivity index (χ0n) is 6.55. The summed E-state index contributed by atoms with van der Waals surface area (Å²) in [5, 5.41) is 2.73. The van der Waals surface area contributed by atoms with Crippen LogP contribution in [0.4, 0.5) is 10.5 Å². The number of carbonyl (C=O) groups is 1. The molecule has 2 N–H and O–H groups in total. The molecule has 1 aromatic carbocycles. The van der Waals surface area contributed by atoms with Gasteiger partial charge in [0, 0.05) is 0 Å². The molecule has 2 amide bonds. The maximum atomic E-state index is 10.9. The number of nitrogens with one attached hydrogen (secondary N) is 2. The van der Waals surface area contributed by atoms with Crippen molar-refractivity contribution in [2.75, 3.05) is 5.32 Å². The standard InChI is InChI=1S/C8H8N2OS/c1-5-2-3-7-6(4-5)9-8(11)10-12-7/h2-4H,1H3,(H2,9,10,11). The Morgan fingerprint density at radius 1 is 1.42 bits per heavy atom. The van der Waals surface area contributed by atoms with E-state index in [0.717, 1.165) is 16.1 Å². The zero-order chi connectivity index (χ0) is 8.55. The summed E-state index contributed by atoms with van der Waals surface area (Å²) in [4.78, 5) is 11.9. The van der Waals surface area contributed by atoms with Crippen molar-refractivity contribution >= 4 is 23.7 Å². The summed E-state index contributed by atoms with van der Waals surface area (Å²) in [6, 6.07) is 5.81. The van der Waals surface area contributed by atoms with Gasteiger partial charge in [0.15, 0.2) is 0 Å². The number of anilines is 1. The summed E-state index contributed by atoms with van der Waals surface area (Å²) in [5.74, 6) is 0. The van der Waals surface area contributed by atoms with Gasteiger partial charge < -0.3 is 5.32 Å². The van der Waals surface area contributed by atoms with E-state index in [1.807, 2.05) is 25.1 Å². The molecule has 12 heavy (non-hydrogen) atoms. The highest BCUT2D eigenvalue weighted by Gasteiger charge is 2.13. The Morgan fingerprint density at radius 2 is 2.25 bits per heavy atom. The van der Waals surface area contributed by atoms with Crippen molar-refractivity contribution < 1.29 is 4.79 Å². The fourth-order valence-electron chi connectivity index (χ4n) is 1.08. The minimum atomic E-state index is -0.155. The molecule has 0 aliphatic carbocycles. The van der Waals surface area contributed by atoms with Crippen molar-refractivity contribution in [3.63, 3.8) is 0 Å². The lowest BCUT2D eigenvalue weighted by molar-refractivity contribution is 0.257. The summed E-state index contributed by atoms with van der Waals surface area (Å²) in [7, 11) is 0. The van der Waals surface area contributed by atoms with Gasteiger partial charge in [-0.05, 0) is 36.6 Å². The number of carbonyl (C=O) groups excluding carboxylic acids is 1. The van der Waals surface area contributed by atoms with E-state index < -0.39 is 0 Å². The lowest BCUT2D eigenvalue weighted by Gasteiger charge is -2.16. The van der Waals surface area contributed by atoms with E-state index in [1.54, 1.807) is 0 Å². The Hall–Kier alpha value is -1.16. The van der Waals surface area contributed by atoms with Gasteiger partial charge in [-0.2, -0.15) is 0 Å². The smallest absolute Gasteiger partial charge is 0.306 e. The Labute approximate surface area is 74.7 Å². The molecular formula is C8H8N2OS. The average Bonchev–Trinajstić information content (AvgIpc) is 2.03. The van der Waals surface area contributed by atoms with Crippen molar-refractivity contribution in [1.29, 1.82) is 0 Å². The van der Waals surface area contributed by atoms with Crippen LogP contribution < -0.4 is 10.0 Å². The van der Waals surface area contributed by atoms with Gasteiger partial charge >= 0.3 is 6.03 Å². The molecule has 4 heteroatoms. The third kappa shape index (κ3) is 1.25. The van der Waals surface area contributed by atoms with Gasteiger partial charge in [0.05, 0.1) is 10.6 Å². The first-order chi connectivity index (χ1) is 5.75. The molecule has 0 atom stereocenters. The van der Waals surface area contributed by atoms with Gasteiger partial charge in [-0.3, -0.25) is 4.72 Å². The second-order valence-electron chi connectivity index (χ2n) is 2.66. The van der Waals surface area contributed by atoms with Crippen molar-refractivity contribution in [2.24, 2.45) is 0 Å². The van der Waals surface area contributed by atoms with Gasteiger partial charge in [-0.15, -0.1) is 0 Å². The van der Waals surface area contributed by atoms with Crippen molar-refractivity contribution in [2.45, 2.75) is 11.8 Å². The predicted octanol–water partition coefficient (Wildman–Crippen LogP) is 2.14. The van der Waals surface area contributed by atoms with E-state index >= 15 is 0 Å². The highest BCUT2D eigenvalue weighted by atomic mass is 32.2. The second-order valence-corrected chi connectivity index (χ2v) is 3.51. The monoisotopic (exact) mass is 180 g/mol. The third-order valence-corrected chi connectivity index (χ3v) is 2.50. The Kier molecular flexibility index (Phi) is 1.69. The molecule has 0 radical (unpaired) electrons. The molecule has 0 saturated carbocycles. The largest absolute Gasteiger partial charge is 0.329 e. The normalized spacial score (nSPS) is 14.6. The first-order valence-corrected chi connectivity index (χ1v) is 4.42. The van der Waals surface area contributed by atoms with Crippen LogP contribution in [-0.4, -0.2) is 6.03 Å². The fourth-order valence-corrected chi connectivity index (χ4v) is 1.69. The highest BCUT2D eigenvalue weighted by Crippen LogP contribution is 2.29. The van der Waals surface area contributed by atoms with Crippen LogP contribution in [0.25, 0.3) is 0 Å². The minimum absolute atomic E-state index is 0.155. The summed E-state index contributed by atoms with van der Waals surface area (Å²) in [6.45, 7) is 2.00. The average molecular weight is 180 g/mol. The molecule has 0 unspecified atom stereocenters. The van der Waals surface area contributed by atoms with Gasteiger partial charge in [0.2, 0.25) is 0 Å². The first kappa shape index (κ1) is 7.49. The highest BCUT2D eigenvalue weighted by molar-refractivity contribution is 7.98. The van der Waals surface area contributed by atoms with Crippen LogP contribution in [-0.2, 0) is 0 Å². The summed E-state index contributed by atoms with van der Waals surface area (Å²) < 4.78 is 2.62. The number of benzene rings is 1. The summed E-state index contributed by atoms with van der Waals surface area (Å²) in [5.41, 5.74) is 2.04. The molecule has 3 nitrogen and oxygen atoms in total. The molecule has 1 aliphatic rings. The molecule has 1 aliphatic heterocycles. The van der Waals surface area contributed by atoms with E-state index in [4.69, 9.17) is 0 Å². The first-order valence-electron chi connectivity index (χ1n) is 3.60. The fraction of sp³-hybridized carbons (Fsp3) is 0.125. The second kappa shape index (κ2) is 2.71. The number of aryl methyl sites for hydroxylation is 1. The van der Waals surface area contributed by atoms with Crippen molar-refractivity contribution in [3.05, 3.63) is 23.8 Å². The molecule has 1 heterocycles. The Morgan fingerprint density at radius 3 is 3.08 bits per heavy atom. The SMILES string of the molecule is Cc1ccc2c(c1)NC(=O)NS2. The third-order valence-electron chi connectivity index (χ3n) is 1.64. The van der Waals surface area contributed by atoms with Crippen LogP contribution in [0, 0.1) is 6.92 Å². The number of rotatable bonds is 0. The van der Waals surface area contributed by atoms with Crippen LogP contribution in [0.5, 0.6) is 0 Å². The van der Waals surface area contributed by atoms with E-state index in [0.29, 0.717) is 0 Å². The molecular weight excluding hydrogens is 172 g/mol. The predicted molar refractivity (Wildman–Crippen MR) is 49.2 cm³/mol. The van der Waals surface area contributed by atoms with E-state index in [9.17, 15) is 4.79 Å². The van der Waals surface area contributed by atoms with Crippen LogP contribution in [0.2, 0.25) is 0 Å². The number of hydrogen-bond acceptors (Lipinski definition) is 2. The van der Waals surface area contributed by atoms with E-state index in [-0.39, 0.29) is 6.03 Å². The number of fused-ring (bicyclic) bond motifs is 1. The minimum Gasteiger partial charge on any atom is -0.306 e. The van der Waals surface area contributed by atoms with E-state index in [2.05, 4.69) is 10.0 Å². The number of hydrogen-bond donors (Lipinski definition) is 2. The summed E-state index contributed by atoms with van der Waals surface area (Å²) >= 11 is 1.34. The molecule has 1 aromatic rings. The molecule has 0 aromatic heterocycles. The van der Waals surface area contributed by atoms with Crippen molar-refractivity contribution in [1.82, 2.24) is 4.72 Å².